The fraction of sp³-hybridized carbons (Fsp3) is 0.588. The Morgan fingerprint density at radius 1 is 1.23 bits per heavy atom. The molecule has 3 rings (SSSR count). The van der Waals surface area contributed by atoms with Crippen LogP contribution in [0.2, 0.25) is 0 Å². The van der Waals surface area contributed by atoms with Crippen molar-refractivity contribution in [3.8, 4) is 11.5 Å². The van der Waals surface area contributed by atoms with Crippen molar-refractivity contribution in [1.82, 2.24) is 10.6 Å². The highest BCUT2D eigenvalue weighted by Crippen LogP contribution is 2.27. The van der Waals surface area contributed by atoms with Gasteiger partial charge in [0.25, 0.3) is 0 Å². The standard InChI is InChI=1S/C17H24N2O3/c1-21-15-5-6-16(22-2)11(7-15)8-17(20)19-14-9-12-3-4-13(10-14)18-12/h5-7,12-14,18H,3-4,8-10H2,1-2H3,(H,19,20). The predicted octanol–water partition coefficient (Wildman–Crippen LogP) is 1.65. The van der Waals surface area contributed by atoms with Gasteiger partial charge in [0.15, 0.2) is 0 Å². The molecule has 0 spiro atoms. The maximum Gasteiger partial charge on any atom is 0.224 e. The van der Waals surface area contributed by atoms with Gasteiger partial charge in [-0.3, -0.25) is 4.79 Å². The number of hydrogen-bond donors (Lipinski definition) is 2. The zero-order chi connectivity index (χ0) is 15.5. The summed E-state index contributed by atoms with van der Waals surface area (Å²) in [7, 11) is 3.24. The van der Waals surface area contributed by atoms with Gasteiger partial charge in [0.2, 0.25) is 5.91 Å². The minimum Gasteiger partial charge on any atom is -0.497 e. The number of methoxy groups -OCH3 is 2. The molecular formula is C17H24N2O3. The fourth-order valence-corrected chi connectivity index (χ4v) is 3.65. The topological polar surface area (TPSA) is 59.6 Å². The van der Waals surface area contributed by atoms with Crippen LogP contribution in [0.4, 0.5) is 0 Å². The highest BCUT2D eigenvalue weighted by atomic mass is 16.5. The SMILES string of the molecule is COc1ccc(OC)c(CC(=O)NC2CC3CCC(C2)N3)c1. The number of amides is 1. The van der Waals surface area contributed by atoms with Gasteiger partial charge in [-0.2, -0.15) is 0 Å². The summed E-state index contributed by atoms with van der Waals surface area (Å²) in [5.41, 5.74) is 0.858. The molecule has 0 aromatic heterocycles. The van der Waals surface area contributed by atoms with Crippen LogP contribution < -0.4 is 20.1 Å². The lowest BCUT2D eigenvalue weighted by atomic mass is 9.99. The van der Waals surface area contributed by atoms with Crippen molar-refractivity contribution in [3.05, 3.63) is 23.8 Å². The third kappa shape index (κ3) is 3.35. The second-order valence-corrected chi connectivity index (χ2v) is 6.23. The van der Waals surface area contributed by atoms with Gasteiger partial charge in [-0.1, -0.05) is 0 Å². The molecule has 2 atom stereocenters. The lowest BCUT2D eigenvalue weighted by Crippen LogP contribution is -2.48. The predicted molar refractivity (Wildman–Crippen MR) is 84.4 cm³/mol. The van der Waals surface area contributed by atoms with Crippen LogP contribution in [-0.4, -0.2) is 38.3 Å². The van der Waals surface area contributed by atoms with Gasteiger partial charge >= 0.3 is 0 Å². The van der Waals surface area contributed by atoms with E-state index in [4.69, 9.17) is 9.47 Å². The molecule has 1 aromatic rings. The van der Waals surface area contributed by atoms with Gasteiger partial charge in [-0.15, -0.1) is 0 Å². The molecule has 120 valence electrons. The van der Waals surface area contributed by atoms with Crippen LogP contribution in [0.25, 0.3) is 0 Å². The van der Waals surface area contributed by atoms with Crippen LogP contribution in [0, 0.1) is 0 Å². The van der Waals surface area contributed by atoms with Gasteiger partial charge in [0.1, 0.15) is 11.5 Å². The maximum atomic E-state index is 12.4. The Morgan fingerprint density at radius 3 is 2.59 bits per heavy atom. The van der Waals surface area contributed by atoms with E-state index in [-0.39, 0.29) is 5.91 Å². The summed E-state index contributed by atoms with van der Waals surface area (Å²) in [5.74, 6) is 1.52. The van der Waals surface area contributed by atoms with Crippen molar-refractivity contribution < 1.29 is 14.3 Å². The quantitative estimate of drug-likeness (QED) is 0.868. The van der Waals surface area contributed by atoms with E-state index in [1.807, 2.05) is 18.2 Å². The molecule has 2 aliphatic heterocycles. The van der Waals surface area contributed by atoms with E-state index < -0.39 is 0 Å². The van der Waals surface area contributed by atoms with Crippen LogP contribution in [-0.2, 0) is 11.2 Å². The summed E-state index contributed by atoms with van der Waals surface area (Å²) in [5, 5.41) is 6.77. The van der Waals surface area contributed by atoms with E-state index in [2.05, 4.69) is 10.6 Å². The van der Waals surface area contributed by atoms with Crippen LogP contribution >= 0.6 is 0 Å². The van der Waals surface area contributed by atoms with Gasteiger partial charge in [-0.25, -0.2) is 0 Å². The Labute approximate surface area is 131 Å². The second kappa shape index (κ2) is 6.57. The molecule has 2 unspecified atom stereocenters. The number of fused-ring (bicyclic) bond motifs is 2. The first-order valence-electron chi connectivity index (χ1n) is 7.94. The summed E-state index contributed by atoms with van der Waals surface area (Å²) >= 11 is 0. The Morgan fingerprint density at radius 2 is 1.95 bits per heavy atom. The number of benzene rings is 1. The van der Waals surface area contributed by atoms with Crippen LogP contribution in [0.3, 0.4) is 0 Å². The van der Waals surface area contributed by atoms with Gasteiger partial charge in [0.05, 0.1) is 20.6 Å². The Balaban J connectivity index is 1.61. The van der Waals surface area contributed by atoms with Crippen LogP contribution in [0.15, 0.2) is 18.2 Å². The van der Waals surface area contributed by atoms with E-state index in [1.165, 1.54) is 12.8 Å². The largest absolute Gasteiger partial charge is 0.497 e. The highest BCUT2D eigenvalue weighted by Gasteiger charge is 2.33. The fourth-order valence-electron chi connectivity index (χ4n) is 3.65. The van der Waals surface area contributed by atoms with Gasteiger partial charge in [0, 0.05) is 23.7 Å². The van der Waals surface area contributed by atoms with E-state index in [1.54, 1.807) is 14.2 Å². The monoisotopic (exact) mass is 304 g/mol. The zero-order valence-corrected chi connectivity index (χ0v) is 13.2. The Hall–Kier alpha value is -1.75. The first-order chi connectivity index (χ1) is 10.7. The number of ether oxygens (including phenoxy) is 2. The third-order valence-electron chi connectivity index (χ3n) is 4.68. The summed E-state index contributed by atoms with van der Waals surface area (Å²) in [6, 6.07) is 7.00. The summed E-state index contributed by atoms with van der Waals surface area (Å²) in [4.78, 5) is 12.4. The lowest BCUT2D eigenvalue weighted by Gasteiger charge is -2.29. The van der Waals surface area contributed by atoms with Crippen LogP contribution in [0.5, 0.6) is 11.5 Å². The second-order valence-electron chi connectivity index (χ2n) is 6.23. The Bertz CT molecular complexity index is 535. The average Bonchev–Trinajstić information content (AvgIpc) is 2.85. The molecule has 0 radical (unpaired) electrons. The third-order valence-corrected chi connectivity index (χ3v) is 4.68. The number of rotatable bonds is 5. The number of hydrogen-bond acceptors (Lipinski definition) is 4. The molecule has 2 fully saturated rings. The molecule has 0 aliphatic carbocycles. The van der Waals surface area contributed by atoms with Crippen molar-refractivity contribution in [2.75, 3.05) is 14.2 Å². The van der Waals surface area contributed by atoms with Gasteiger partial charge < -0.3 is 20.1 Å². The molecular weight excluding hydrogens is 280 g/mol. The van der Waals surface area contributed by atoms with E-state index >= 15 is 0 Å². The maximum absolute atomic E-state index is 12.4. The summed E-state index contributed by atoms with van der Waals surface area (Å²) in [6.07, 6.45) is 4.87. The Kier molecular flexibility index (Phi) is 4.52. The van der Waals surface area contributed by atoms with E-state index in [9.17, 15) is 4.79 Å². The van der Waals surface area contributed by atoms with Crippen molar-refractivity contribution in [1.29, 1.82) is 0 Å². The van der Waals surface area contributed by atoms with Crippen molar-refractivity contribution in [2.45, 2.75) is 50.2 Å². The lowest BCUT2D eigenvalue weighted by molar-refractivity contribution is -0.121. The molecule has 1 amide bonds. The number of nitrogens with one attached hydrogen (secondary N) is 2. The summed E-state index contributed by atoms with van der Waals surface area (Å²) in [6.45, 7) is 0. The summed E-state index contributed by atoms with van der Waals surface area (Å²) < 4.78 is 10.6. The molecule has 2 aliphatic rings. The first-order valence-corrected chi connectivity index (χ1v) is 7.94. The van der Waals surface area contributed by atoms with Crippen LogP contribution in [0.1, 0.15) is 31.2 Å². The number of carbonyl (C=O) groups excluding carboxylic acids is 1. The zero-order valence-electron chi connectivity index (χ0n) is 13.2. The molecule has 2 heterocycles. The van der Waals surface area contributed by atoms with Crippen molar-refractivity contribution in [2.24, 2.45) is 0 Å². The molecule has 22 heavy (non-hydrogen) atoms. The van der Waals surface area contributed by atoms with Gasteiger partial charge in [-0.05, 0) is 43.9 Å². The normalized spacial score (nSPS) is 26.5. The minimum absolute atomic E-state index is 0.0536. The minimum atomic E-state index is 0.0536. The number of carbonyl (C=O) groups is 1. The van der Waals surface area contributed by atoms with E-state index in [0.717, 1.165) is 29.9 Å². The first kappa shape index (κ1) is 15.2. The molecule has 5 heteroatoms. The molecule has 1 aromatic carbocycles. The molecule has 2 saturated heterocycles. The van der Waals surface area contributed by atoms with Crippen molar-refractivity contribution in [3.63, 3.8) is 0 Å². The molecule has 0 saturated carbocycles. The smallest absolute Gasteiger partial charge is 0.224 e. The average molecular weight is 304 g/mol. The number of piperidine rings is 1. The molecule has 2 N–H and O–H groups in total. The van der Waals surface area contributed by atoms with Crippen molar-refractivity contribution >= 4 is 5.91 Å². The van der Waals surface area contributed by atoms with E-state index in [0.29, 0.717) is 24.5 Å². The molecule has 5 nitrogen and oxygen atoms in total. The highest BCUT2D eigenvalue weighted by molar-refractivity contribution is 5.79. The molecule has 2 bridgehead atoms.